The third-order valence-corrected chi connectivity index (χ3v) is 5.51. The van der Waals surface area contributed by atoms with E-state index in [0.717, 1.165) is 11.1 Å². The van der Waals surface area contributed by atoms with Crippen molar-refractivity contribution in [3.05, 3.63) is 92.2 Å². The number of methoxy groups -OCH3 is 1. The van der Waals surface area contributed by atoms with Crippen molar-refractivity contribution in [3.63, 3.8) is 0 Å². The second-order valence-electron chi connectivity index (χ2n) is 6.64. The van der Waals surface area contributed by atoms with E-state index in [4.69, 9.17) is 44.3 Å². The summed E-state index contributed by atoms with van der Waals surface area (Å²) in [5, 5.41) is 4.93. The molecule has 0 bridgehead atoms. The molecule has 3 nitrogen and oxygen atoms in total. The SMILES string of the molecule is COc1cc(CNCCc2ccccc2F)c(Cl)cc1OCc1ccc(Cl)cc1Cl. The molecule has 0 aliphatic rings. The van der Waals surface area contributed by atoms with Crippen molar-refractivity contribution in [2.24, 2.45) is 0 Å². The predicted octanol–water partition coefficient (Wildman–Crippen LogP) is 6.71. The van der Waals surface area contributed by atoms with Gasteiger partial charge < -0.3 is 14.8 Å². The van der Waals surface area contributed by atoms with Gasteiger partial charge >= 0.3 is 0 Å². The minimum absolute atomic E-state index is 0.193. The Morgan fingerprint density at radius 3 is 2.37 bits per heavy atom. The van der Waals surface area contributed by atoms with E-state index >= 15 is 0 Å². The number of benzene rings is 3. The first-order valence-electron chi connectivity index (χ1n) is 9.35. The molecule has 3 aromatic rings. The fourth-order valence-corrected chi connectivity index (χ4v) is 3.61. The molecule has 0 spiro atoms. The molecule has 0 saturated carbocycles. The Morgan fingerprint density at radius 1 is 0.867 bits per heavy atom. The van der Waals surface area contributed by atoms with Gasteiger partial charge in [-0.2, -0.15) is 0 Å². The molecule has 0 fully saturated rings. The van der Waals surface area contributed by atoms with Gasteiger partial charge in [0.05, 0.1) is 7.11 Å². The summed E-state index contributed by atoms with van der Waals surface area (Å²) in [7, 11) is 1.57. The zero-order chi connectivity index (χ0) is 21.5. The summed E-state index contributed by atoms with van der Waals surface area (Å²) in [6.45, 7) is 1.39. The summed E-state index contributed by atoms with van der Waals surface area (Å²) >= 11 is 18.6. The Balaban J connectivity index is 1.61. The van der Waals surface area contributed by atoms with Gasteiger partial charge in [-0.15, -0.1) is 0 Å². The van der Waals surface area contributed by atoms with Crippen LogP contribution in [0.2, 0.25) is 15.1 Å². The molecule has 0 aliphatic carbocycles. The van der Waals surface area contributed by atoms with E-state index in [1.807, 2.05) is 18.2 Å². The molecule has 7 heteroatoms. The fourth-order valence-electron chi connectivity index (χ4n) is 2.93. The van der Waals surface area contributed by atoms with E-state index in [2.05, 4.69) is 5.32 Å². The number of hydrogen-bond acceptors (Lipinski definition) is 3. The van der Waals surface area contributed by atoms with Gasteiger partial charge in [0.1, 0.15) is 12.4 Å². The molecule has 0 amide bonds. The number of ether oxygens (including phenoxy) is 2. The molecule has 0 atom stereocenters. The van der Waals surface area contributed by atoms with Crippen molar-refractivity contribution in [2.45, 2.75) is 19.6 Å². The predicted molar refractivity (Wildman–Crippen MR) is 121 cm³/mol. The van der Waals surface area contributed by atoms with E-state index in [0.29, 0.717) is 51.6 Å². The maximum Gasteiger partial charge on any atom is 0.163 e. The number of halogens is 4. The minimum Gasteiger partial charge on any atom is -0.493 e. The molecule has 0 aromatic heterocycles. The Kier molecular flexibility index (Phi) is 8.23. The molecular weight excluding hydrogens is 448 g/mol. The van der Waals surface area contributed by atoms with Crippen LogP contribution in [0.25, 0.3) is 0 Å². The summed E-state index contributed by atoms with van der Waals surface area (Å²) in [5.74, 6) is 0.889. The topological polar surface area (TPSA) is 30.5 Å². The average Bonchev–Trinajstić information content (AvgIpc) is 2.72. The molecule has 158 valence electrons. The molecule has 0 radical (unpaired) electrons. The van der Waals surface area contributed by atoms with Gasteiger partial charge in [0.25, 0.3) is 0 Å². The van der Waals surface area contributed by atoms with Crippen molar-refractivity contribution in [1.82, 2.24) is 5.32 Å². The maximum atomic E-state index is 13.7. The van der Waals surface area contributed by atoms with Gasteiger partial charge in [-0.1, -0.05) is 59.1 Å². The van der Waals surface area contributed by atoms with E-state index in [1.54, 1.807) is 37.4 Å². The van der Waals surface area contributed by atoms with Crippen LogP contribution in [0.5, 0.6) is 11.5 Å². The van der Waals surface area contributed by atoms with Crippen molar-refractivity contribution >= 4 is 34.8 Å². The summed E-state index contributed by atoms with van der Waals surface area (Å²) in [5.41, 5.74) is 2.34. The smallest absolute Gasteiger partial charge is 0.163 e. The monoisotopic (exact) mass is 467 g/mol. The van der Waals surface area contributed by atoms with Crippen LogP contribution in [-0.4, -0.2) is 13.7 Å². The van der Waals surface area contributed by atoms with E-state index in [-0.39, 0.29) is 12.4 Å². The lowest BCUT2D eigenvalue weighted by atomic mass is 10.1. The van der Waals surface area contributed by atoms with Crippen molar-refractivity contribution in [1.29, 1.82) is 0 Å². The maximum absolute atomic E-state index is 13.7. The first kappa shape index (κ1) is 22.7. The summed E-state index contributed by atoms with van der Waals surface area (Å²) in [4.78, 5) is 0. The summed E-state index contributed by atoms with van der Waals surface area (Å²) in [6, 6.07) is 15.6. The first-order valence-corrected chi connectivity index (χ1v) is 10.5. The largest absolute Gasteiger partial charge is 0.493 e. The van der Waals surface area contributed by atoms with Crippen LogP contribution in [0.15, 0.2) is 54.6 Å². The molecule has 0 aliphatic heterocycles. The van der Waals surface area contributed by atoms with Gasteiger partial charge in [0.15, 0.2) is 11.5 Å². The van der Waals surface area contributed by atoms with Crippen LogP contribution >= 0.6 is 34.8 Å². The summed E-state index contributed by atoms with van der Waals surface area (Å²) < 4.78 is 25.0. The zero-order valence-corrected chi connectivity index (χ0v) is 18.6. The van der Waals surface area contributed by atoms with Gasteiger partial charge in [-0.25, -0.2) is 4.39 Å². The quantitative estimate of drug-likeness (QED) is 0.354. The lowest BCUT2D eigenvalue weighted by molar-refractivity contribution is 0.284. The van der Waals surface area contributed by atoms with Crippen LogP contribution in [0, 0.1) is 5.82 Å². The normalized spacial score (nSPS) is 10.8. The Morgan fingerprint density at radius 2 is 1.63 bits per heavy atom. The summed E-state index contributed by atoms with van der Waals surface area (Å²) in [6.07, 6.45) is 0.588. The van der Waals surface area contributed by atoms with Gasteiger partial charge in [0, 0.05) is 33.2 Å². The second kappa shape index (κ2) is 10.9. The van der Waals surface area contributed by atoms with E-state index in [1.165, 1.54) is 6.07 Å². The standard InChI is InChI=1S/C23H21Cl3FNO2/c1-29-22-10-17(13-28-9-8-15-4-2-3-5-21(15)27)20(26)12-23(22)30-14-16-6-7-18(24)11-19(16)25/h2-7,10-12,28H,8-9,13-14H2,1H3. The average molecular weight is 469 g/mol. The van der Waals surface area contributed by atoms with Crippen molar-refractivity contribution in [3.8, 4) is 11.5 Å². The van der Waals surface area contributed by atoms with Crippen LogP contribution in [0.3, 0.4) is 0 Å². The van der Waals surface area contributed by atoms with Crippen LogP contribution in [-0.2, 0) is 19.6 Å². The van der Waals surface area contributed by atoms with Gasteiger partial charge in [-0.3, -0.25) is 0 Å². The fraction of sp³-hybridized carbons (Fsp3) is 0.217. The van der Waals surface area contributed by atoms with E-state index < -0.39 is 0 Å². The Hall–Kier alpha value is -1.98. The third kappa shape index (κ3) is 6.02. The molecule has 3 aromatic carbocycles. The lowest BCUT2D eigenvalue weighted by Crippen LogP contribution is -2.17. The Bertz CT molecular complexity index is 1010. The number of rotatable bonds is 9. The zero-order valence-electron chi connectivity index (χ0n) is 16.4. The molecule has 3 rings (SSSR count). The second-order valence-corrected chi connectivity index (χ2v) is 7.89. The lowest BCUT2D eigenvalue weighted by Gasteiger charge is -2.15. The molecule has 0 saturated heterocycles. The molecule has 0 heterocycles. The molecule has 1 N–H and O–H groups in total. The minimum atomic E-state index is -0.193. The highest BCUT2D eigenvalue weighted by molar-refractivity contribution is 6.35. The van der Waals surface area contributed by atoms with Crippen LogP contribution in [0.1, 0.15) is 16.7 Å². The molecule has 30 heavy (non-hydrogen) atoms. The van der Waals surface area contributed by atoms with Crippen molar-refractivity contribution in [2.75, 3.05) is 13.7 Å². The Labute approximate surface area is 190 Å². The van der Waals surface area contributed by atoms with Crippen LogP contribution < -0.4 is 14.8 Å². The van der Waals surface area contributed by atoms with E-state index in [9.17, 15) is 4.39 Å². The highest BCUT2D eigenvalue weighted by Gasteiger charge is 2.12. The third-order valence-electron chi connectivity index (χ3n) is 4.58. The molecular formula is C23H21Cl3FNO2. The molecule has 0 unspecified atom stereocenters. The van der Waals surface area contributed by atoms with Crippen molar-refractivity contribution < 1.29 is 13.9 Å². The van der Waals surface area contributed by atoms with Crippen LogP contribution in [0.4, 0.5) is 4.39 Å². The highest BCUT2D eigenvalue weighted by Crippen LogP contribution is 2.34. The first-order chi connectivity index (χ1) is 14.5. The van der Waals surface area contributed by atoms with Gasteiger partial charge in [-0.05, 0) is 48.4 Å². The van der Waals surface area contributed by atoms with Gasteiger partial charge in [0.2, 0.25) is 0 Å². The number of hydrogen-bond donors (Lipinski definition) is 1. The highest BCUT2D eigenvalue weighted by atomic mass is 35.5. The number of nitrogens with one attached hydrogen (secondary N) is 1.